The Hall–Kier alpha value is -0.610. The molecule has 4 nitrogen and oxygen atoms in total. The third kappa shape index (κ3) is 3.48. The van der Waals surface area contributed by atoms with E-state index in [1.54, 1.807) is 0 Å². The van der Waals surface area contributed by atoms with Crippen LogP contribution in [0, 0.1) is 0 Å². The van der Waals surface area contributed by atoms with E-state index >= 15 is 0 Å². The highest BCUT2D eigenvalue weighted by atomic mass is 16.5. The van der Waals surface area contributed by atoms with E-state index in [1.165, 1.54) is 19.3 Å². The van der Waals surface area contributed by atoms with Gasteiger partial charge in [0.2, 0.25) is 0 Å². The molecule has 2 rings (SSSR count). The molecule has 0 heterocycles. The van der Waals surface area contributed by atoms with Gasteiger partial charge in [-0.25, -0.2) is 0 Å². The highest BCUT2D eigenvalue weighted by Crippen LogP contribution is 2.36. The summed E-state index contributed by atoms with van der Waals surface area (Å²) in [7, 11) is 0. The third-order valence-corrected chi connectivity index (χ3v) is 4.29. The molecule has 110 valence electrons. The molecule has 0 aliphatic heterocycles. The van der Waals surface area contributed by atoms with Crippen LogP contribution in [0.2, 0.25) is 0 Å². The summed E-state index contributed by atoms with van der Waals surface area (Å²) >= 11 is 0. The molecule has 0 aromatic rings. The van der Waals surface area contributed by atoms with Gasteiger partial charge in [0, 0.05) is 6.42 Å². The average molecular weight is 269 g/mol. The van der Waals surface area contributed by atoms with Crippen LogP contribution in [0.3, 0.4) is 0 Å². The SMILES string of the molecule is CCCNC1(C(=O)OCC)CCC(OC2CCC2)C1. The molecule has 0 saturated heterocycles. The van der Waals surface area contributed by atoms with Gasteiger partial charge in [-0.3, -0.25) is 4.79 Å². The first-order chi connectivity index (χ1) is 9.20. The number of esters is 1. The number of nitrogens with one attached hydrogen (secondary N) is 1. The van der Waals surface area contributed by atoms with Gasteiger partial charge in [-0.15, -0.1) is 0 Å². The van der Waals surface area contributed by atoms with Crippen LogP contribution in [0.15, 0.2) is 0 Å². The zero-order valence-corrected chi connectivity index (χ0v) is 12.2. The Labute approximate surface area is 116 Å². The van der Waals surface area contributed by atoms with Crippen molar-refractivity contribution in [3.63, 3.8) is 0 Å². The summed E-state index contributed by atoms with van der Waals surface area (Å²) in [5.41, 5.74) is -0.500. The Morgan fingerprint density at radius 2 is 2.05 bits per heavy atom. The van der Waals surface area contributed by atoms with Gasteiger partial charge in [-0.1, -0.05) is 6.92 Å². The monoisotopic (exact) mass is 269 g/mol. The molecule has 2 atom stereocenters. The quantitative estimate of drug-likeness (QED) is 0.721. The van der Waals surface area contributed by atoms with Crippen molar-refractivity contribution >= 4 is 5.97 Å². The molecule has 0 radical (unpaired) electrons. The summed E-state index contributed by atoms with van der Waals surface area (Å²) in [6.45, 7) is 5.28. The predicted molar refractivity (Wildman–Crippen MR) is 74.0 cm³/mol. The second-order valence-corrected chi connectivity index (χ2v) is 5.78. The first-order valence-corrected chi connectivity index (χ1v) is 7.78. The van der Waals surface area contributed by atoms with Crippen molar-refractivity contribution in [3.8, 4) is 0 Å². The van der Waals surface area contributed by atoms with Gasteiger partial charge in [0.1, 0.15) is 5.54 Å². The molecule has 19 heavy (non-hydrogen) atoms. The summed E-state index contributed by atoms with van der Waals surface area (Å²) in [5, 5.41) is 3.41. The Morgan fingerprint density at radius 1 is 1.26 bits per heavy atom. The first kappa shape index (κ1) is 14.8. The van der Waals surface area contributed by atoms with Gasteiger partial charge in [0.05, 0.1) is 18.8 Å². The van der Waals surface area contributed by atoms with Gasteiger partial charge >= 0.3 is 5.97 Å². The number of hydrogen-bond acceptors (Lipinski definition) is 4. The Morgan fingerprint density at radius 3 is 2.63 bits per heavy atom. The zero-order valence-electron chi connectivity index (χ0n) is 12.2. The van der Waals surface area contributed by atoms with Crippen molar-refractivity contribution in [1.29, 1.82) is 0 Å². The Bertz CT molecular complexity index is 304. The molecule has 4 heteroatoms. The van der Waals surface area contributed by atoms with Crippen molar-refractivity contribution in [3.05, 3.63) is 0 Å². The molecular formula is C15H27NO3. The lowest BCUT2D eigenvalue weighted by molar-refractivity contribution is -0.152. The van der Waals surface area contributed by atoms with E-state index < -0.39 is 5.54 Å². The molecule has 2 saturated carbocycles. The smallest absolute Gasteiger partial charge is 0.326 e. The highest BCUT2D eigenvalue weighted by molar-refractivity contribution is 5.81. The van der Waals surface area contributed by atoms with Crippen LogP contribution in [0.25, 0.3) is 0 Å². The minimum Gasteiger partial charge on any atom is -0.465 e. The number of hydrogen-bond donors (Lipinski definition) is 1. The fourth-order valence-electron chi connectivity index (χ4n) is 2.95. The summed E-state index contributed by atoms with van der Waals surface area (Å²) in [4.78, 5) is 12.2. The molecule has 2 unspecified atom stereocenters. The molecule has 2 aliphatic carbocycles. The van der Waals surface area contributed by atoms with E-state index in [2.05, 4.69) is 12.2 Å². The molecule has 0 aromatic heterocycles. The van der Waals surface area contributed by atoms with Crippen molar-refractivity contribution in [1.82, 2.24) is 5.32 Å². The fraction of sp³-hybridized carbons (Fsp3) is 0.933. The van der Waals surface area contributed by atoms with Crippen LogP contribution in [-0.2, 0) is 14.3 Å². The van der Waals surface area contributed by atoms with Crippen LogP contribution < -0.4 is 5.32 Å². The van der Waals surface area contributed by atoms with Gasteiger partial charge < -0.3 is 14.8 Å². The van der Waals surface area contributed by atoms with E-state index in [0.717, 1.165) is 32.2 Å². The molecule has 2 fully saturated rings. The van der Waals surface area contributed by atoms with E-state index in [-0.39, 0.29) is 12.1 Å². The molecule has 0 bridgehead atoms. The van der Waals surface area contributed by atoms with Crippen molar-refractivity contribution in [2.45, 2.75) is 76.5 Å². The van der Waals surface area contributed by atoms with Gasteiger partial charge in [0.15, 0.2) is 0 Å². The maximum absolute atomic E-state index is 12.2. The van der Waals surface area contributed by atoms with Crippen LogP contribution in [-0.4, -0.2) is 36.9 Å². The van der Waals surface area contributed by atoms with Crippen molar-refractivity contribution in [2.24, 2.45) is 0 Å². The minimum absolute atomic E-state index is 0.0943. The molecular weight excluding hydrogens is 242 g/mol. The van der Waals surface area contributed by atoms with Crippen LogP contribution in [0.4, 0.5) is 0 Å². The summed E-state index contributed by atoms with van der Waals surface area (Å²) < 4.78 is 11.3. The summed E-state index contributed by atoms with van der Waals surface area (Å²) in [6, 6.07) is 0. The summed E-state index contributed by atoms with van der Waals surface area (Å²) in [6.07, 6.45) is 7.91. The van der Waals surface area contributed by atoms with E-state index in [0.29, 0.717) is 12.7 Å². The zero-order chi connectivity index (χ0) is 13.7. The minimum atomic E-state index is -0.500. The van der Waals surface area contributed by atoms with Crippen LogP contribution >= 0.6 is 0 Å². The second-order valence-electron chi connectivity index (χ2n) is 5.78. The Kier molecular flexibility index (Phi) is 5.22. The van der Waals surface area contributed by atoms with Gasteiger partial charge in [0.25, 0.3) is 0 Å². The molecule has 0 spiro atoms. The lowest BCUT2D eigenvalue weighted by Crippen LogP contribution is -2.52. The van der Waals surface area contributed by atoms with E-state index in [4.69, 9.17) is 9.47 Å². The number of rotatable bonds is 7. The molecule has 1 N–H and O–H groups in total. The first-order valence-electron chi connectivity index (χ1n) is 7.78. The maximum Gasteiger partial charge on any atom is 0.326 e. The fourth-order valence-corrected chi connectivity index (χ4v) is 2.95. The van der Waals surface area contributed by atoms with Crippen molar-refractivity contribution in [2.75, 3.05) is 13.2 Å². The summed E-state index contributed by atoms with van der Waals surface area (Å²) in [5.74, 6) is -0.0943. The highest BCUT2D eigenvalue weighted by Gasteiger charge is 2.47. The van der Waals surface area contributed by atoms with Crippen LogP contribution in [0.1, 0.15) is 58.8 Å². The van der Waals surface area contributed by atoms with Gasteiger partial charge in [-0.2, -0.15) is 0 Å². The lowest BCUT2D eigenvalue weighted by Gasteiger charge is -2.31. The predicted octanol–water partition coefficient (Wildman–Crippen LogP) is 2.41. The maximum atomic E-state index is 12.2. The largest absolute Gasteiger partial charge is 0.465 e. The lowest BCUT2D eigenvalue weighted by atomic mass is 9.95. The number of ether oxygens (including phenoxy) is 2. The molecule has 0 amide bonds. The third-order valence-electron chi connectivity index (χ3n) is 4.29. The number of carbonyl (C=O) groups is 1. The van der Waals surface area contributed by atoms with Gasteiger partial charge in [-0.05, 0) is 52.0 Å². The second kappa shape index (κ2) is 6.71. The van der Waals surface area contributed by atoms with Crippen LogP contribution in [0.5, 0.6) is 0 Å². The standard InChI is InChI=1S/C15H27NO3/c1-3-10-16-15(14(17)18-4-2)9-8-13(11-15)19-12-6-5-7-12/h12-13,16H,3-11H2,1-2H3. The van der Waals surface area contributed by atoms with Crippen molar-refractivity contribution < 1.29 is 14.3 Å². The average Bonchev–Trinajstić information content (AvgIpc) is 2.77. The topological polar surface area (TPSA) is 47.6 Å². The normalized spacial score (nSPS) is 31.2. The Balaban J connectivity index is 1.92. The number of carbonyl (C=O) groups excluding carboxylic acids is 1. The van der Waals surface area contributed by atoms with E-state index in [1.807, 2.05) is 6.92 Å². The molecule has 0 aromatic carbocycles. The molecule has 2 aliphatic rings. The van der Waals surface area contributed by atoms with E-state index in [9.17, 15) is 4.79 Å².